The van der Waals surface area contributed by atoms with Gasteiger partial charge < -0.3 is 9.63 Å². The molecule has 1 aromatic heterocycles. The van der Waals surface area contributed by atoms with Crippen LogP contribution >= 0.6 is 0 Å². The fourth-order valence-electron chi connectivity index (χ4n) is 1.11. The summed E-state index contributed by atoms with van der Waals surface area (Å²) < 4.78 is 43.2. The topological polar surface area (TPSA) is 76.2 Å². The number of aromatic nitrogens is 2. The summed E-state index contributed by atoms with van der Waals surface area (Å²) in [5, 5.41) is 11.5. The van der Waals surface area contributed by atoms with Crippen LogP contribution in [0.2, 0.25) is 0 Å². The van der Waals surface area contributed by atoms with E-state index in [1.807, 2.05) is 0 Å². The van der Waals surface area contributed by atoms with Gasteiger partial charge in [-0.15, -0.1) is 0 Å². The predicted octanol–water partition coefficient (Wildman–Crippen LogP) is 1.85. The van der Waals surface area contributed by atoms with Crippen molar-refractivity contribution in [3.63, 3.8) is 0 Å². The molecule has 0 spiro atoms. The van der Waals surface area contributed by atoms with E-state index in [-0.39, 0.29) is 0 Å². The number of carboxylic acids is 1. The Kier molecular flexibility index (Phi) is 2.54. The molecule has 1 N–H and O–H groups in total. The molecule has 1 heterocycles. The van der Waals surface area contributed by atoms with E-state index in [1.54, 1.807) is 0 Å². The molecule has 0 aliphatic heterocycles. The van der Waals surface area contributed by atoms with Crippen LogP contribution in [0, 0.1) is 17.5 Å². The molecule has 0 radical (unpaired) electrons. The number of rotatable bonds is 2. The number of carboxylic acid groups (broad SMARTS) is 1. The summed E-state index contributed by atoms with van der Waals surface area (Å²) in [6.45, 7) is 0. The molecule has 0 aliphatic carbocycles. The van der Waals surface area contributed by atoms with Crippen molar-refractivity contribution in [1.82, 2.24) is 10.1 Å². The molecule has 17 heavy (non-hydrogen) atoms. The Labute approximate surface area is 91.5 Å². The fraction of sp³-hybridized carbons (Fsp3) is 0. The van der Waals surface area contributed by atoms with Crippen molar-refractivity contribution in [2.24, 2.45) is 0 Å². The minimum absolute atomic E-state index is 0.510. The summed E-state index contributed by atoms with van der Waals surface area (Å²) in [5.74, 6) is -7.32. The third-order valence-corrected chi connectivity index (χ3v) is 1.88. The quantitative estimate of drug-likeness (QED) is 0.816. The van der Waals surface area contributed by atoms with E-state index in [0.717, 1.165) is 6.07 Å². The van der Waals surface area contributed by atoms with Gasteiger partial charge in [-0.1, -0.05) is 0 Å². The lowest BCUT2D eigenvalue weighted by molar-refractivity contribution is 0.0680. The van der Waals surface area contributed by atoms with Crippen LogP contribution in [0.15, 0.2) is 16.7 Å². The highest BCUT2D eigenvalue weighted by Crippen LogP contribution is 2.24. The minimum Gasteiger partial charge on any atom is -0.475 e. The first-order valence-corrected chi connectivity index (χ1v) is 4.21. The van der Waals surface area contributed by atoms with E-state index >= 15 is 0 Å². The molecule has 2 rings (SSSR count). The van der Waals surface area contributed by atoms with Crippen LogP contribution in [0.1, 0.15) is 10.6 Å². The van der Waals surface area contributed by atoms with E-state index in [1.165, 1.54) is 0 Å². The Hall–Kier alpha value is -2.38. The Morgan fingerprint density at radius 2 is 1.94 bits per heavy atom. The van der Waals surface area contributed by atoms with E-state index in [9.17, 15) is 18.0 Å². The van der Waals surface area contributed by atoms with Crippen molar-refractivity contribution in [2.45, 2.75) is 0 Å². The molecule has 0 bridgehead atoms. The third-order valence-electron chi connectivity index (χ3n) is 1.88. The highest BCUT2D eigenvalue weighted by atomic mass is 19.2. The van der Waals surface area contributed by atoms with Crippen LogP contribution in [0.5, 0.6) is 0 Å². The first-order valence-electron chi connectivity index (χ1n) is 4.21. The zero-order chi connectivity index (χ0) is 12.6. The molecule has 0 aliphatic rings. The normalized spacial score (nSPS) is 10.5. The highest BCUT2D eigenvalue weighted by Gasteiger charge is 2.21. The Morgan fingerprint density at radius 1 is 1.24 bits per heavy atom. The standard InChI is InChI=1S/C9H3F3N2O3/c10-4-2-1-3(5(11)6(4)12)8-13-7(9(15)16)14-17-8/h1-2H,(H,15,16). The zero-order valence-corrected chi connectivity index (χ0v) is 7.95. The number of hydrogen-bond acceptors (Lipinski definition) is 4. The van der Waals surface area contributed by atoms with Crippen molar-refractivity contribution >= 4 is 5.97 Å². The predicted molar refractivity (Wildman–Crippen MR) is 46.6 cm³/mol. The van der Waals surface area contributed by atoms with E-state index < -0.39 is 40.7 Å². The Morgan fingerprint density at radius 3 is 2.53 bits per heavy atom. The maximum atomic E-state index is 13.3. The number of nitrogens with zero attached hydrogens (tertiary/aromatic N) is 2. The maximum Gasteiger partial charge on any atom is 0.377 e. The molecular weight excluding hydrogens is 241 g/mol. The molecule has 2 aromatic rings. The second kappa shape index (κ2) is 3.89. The zero-order valence-electron chi connectivity index (χ0n) is 7.95. The molecule has 0 atom stereocenters. The Bertz CT molecular complexity index is 597. The van der Waals surface area contributed by atoms with Crippen molar-refractivity contribution < 1.29 is 27.6 Å². The largest absolute Gasteiger partial charge is 0.475 e. The van der Waals surface area contributed by atoms with Crippen LogP contribution in [-0.4, -0.2) is 21.2 Å². The molecular formula is C9H3F3N2O3. The second-order valence-corrected chi connectivity index (χ2v) is 2.95. The summed E-state index contributed by atoms with van der Waals surface area (Å²) in [6, 6.07) is 1.53. The van der Waals surface area contributed by atoms with Gasteiger partial charge in [0.05, 0.1) is 5.56 Å². The van der Waals surface area contributed by atoms with Gasteiger partial charge >= 0.3 is 5.97 Å². The number of benzene rings is 1. The lowest BCUT2D eigenvalue weighted by Crippen LogP contribution is -1.99. The molecule has 1 aromatic carbocycles. The van der Waals surface area contributed by atoms with Crippen LogP contribution in [-0.2, 0) is 0 Å². The average molecular weight is 244 g/mol. The average Bonchev–Trinajstić information content (AvgIpc) is 2.75. The highest BCUT2D eigenvalue weighted by molar-refractivity contribution is 5.83. The van der Waals surface area contributed by atoms with Gasteiger partial charge in [0.2, 0.25) is 0 Å². The van der Waals surface area contributed by atoms with Crippen molar-refractivity contribution in [3.8, 4) is 11.5 Å². The summed E-state index contributed by atoms with van der Waals surface area (Å²) in [5.41, 5.74) is -0.510. The van der Waals surface area contributed by atoms with Crippen molar-refractivity contribution in [1.29, 1.82) is 0 Å². The molecule has 0 fully saturated rings. The van der Waals surface area contributed by atoms with Crippen LogP contribution in [0.4, 0.5) is 13.2 Å². The molecule has 8 heteroatoms. The monoisotopic (exact) mass is 244 g/mol. The number of hydrogen-bond donors (Lipinski definition) is 1. The van der Waals surface area contributed by atoms with Gasteiger partial charge in [0.25, 0.3) is 11.7 Å². The van der Waals surface area contributed by atoms with Crippen LogP contribution in [0.3, 0.4) is 0 Å². The summed E-state index contributed by atoms with van der Waals surface area (Å²) in [6.07, 6.45) is 0. The van der Waals surface area contributed by atoms with Gasteiger partial charge in [-0.2, -0.15) is 4.98 Å². The van der Waals surface area contributed by atoms with Gasteiger partial charge in [0.1, 0.15) is 0 Å². The maximum absolute atomic E-state index is 13.3. The minimum atomic E-state index is -1.70. The van der Waals surface area contributed by atoms with Crippen molar-refractivity contribution in [3.05, 3.63) is 35.4 Å². The summed E-state index contributed by atoms with van der Waals surface area (Å²) in [4.78, 5) is 13.7. The molecule has 5 nitrogen and oxygen atoms in total. The van der Waals surface area contributed by atoms with Gasteiger partial charge in [-0.05, 0) is 17.3 Å². The smallest absolute Gasteiger partial charge is 0.377 e. The first kappa shape index (κ1) is 11.1. The fourth-order valence-corrected chi connectivity index (χ4v) is 1.11. The number of aromatic carboxylic acids is 1. The number of carbonyl (C=O) groups is 1. The molecule has 88 valence electrons. The molecule has 0 saturated heterocycles. The summed E-state index contributed by atoms with van der Waals surface area (Å²) in [7, 11) is 0. The summed E-state index contributed by atoms with van der Waals surface area (Å²) >= 11 is 0. The number of halogens is 3. The van der Waals surface area contributed by atoms with Gasteiger partial charge in [0.15, 0.2) is 17.5 Å². The van der Waals surface area contributed by atoms with E-state index in [2.05, 4.69) is 14.7 Å². The Balaban J connectivity index is 2.53. The molecule has 0 unspecified atom stereocenters. The second-order valence-electron chi connectivity index (χ2n) is 2.95. The van der Waals surface area contributed by atoms with Crippen LogP contribution in [0.25, 0.3) is 11.5 Å². The van der Waals surface area contributed by atoms with Crippen molar-refractivity contribution in [2.75, 3.05) is 0 Å². The third kappa shape index (κ3) is 1.84. The lowest BCUT2D eigenvalue weighted by Gasteiger charge is -1.98. The molecule has 0 amide bonds. The lowest BCUT2D eigenvalue weighted by atomic mass is 10.2. The van der Waals surface area contributed by atoms with Crippen LogP contribution < -0.4 is 0 Å². The first-order chi connectivity index (χ1) is 8.00. The van der Waals surface area contributed by atoms with Gasteiger partial charge in [0, 0.05) is 0 Å². The van der Waals surface area contributed by atoms with E-state index in [0.29, 0.717) is 6.07 Å². The SMILES string of the molecule is O=C(O)c1noc(-c2ccc(F)c(F)c2F)n1. The van der Waals surface area contributed by atoms with E-state index in [4.69, 9.17) is 5.11 Å². The van der Waals surface area contributed by atoms with Gasteiger partial charge in [-0.3, -0.25) is 0 Å². The molecule has 0 saturated carbocycles. The van der Waals surface area contributed by atoms with Gasteiger partial charge in [-0.25, -0.2) is 18.0 Å².